The second kappa shape index (κ2) is 46.5. The van der Waals surface area contributed by atoms with Crippen molar-refractivity contribution in [3.05, 3.63) is 120 Å². The summed E-state index contributed by atoms with van der Waals surface area (Å²) >= 11 is 0. The van der Waals surface area contributed by atoms with Gasteiger partial charge in [0.2, 0.25) is 11.6 Å². The molecule has 13 nitrogen and oxygen atoms in total. The summed E-state index contributed by atoms with van der Waals surface area (Å²) in [5.74, 6) is -0.915. The van der Waals surface area contributed by atoms with E-state index in [0.717, 1.165) is 103 Å². The number of nitrogens with one attached hydrogen (secondary N) is 1. The van der Waals surface area contributed by atoms with Gasteiger partial charge in [-0.3, -0.25) is 18.9 Å². The molecule has 15 heteroatoms. The van der Waals surface area contributed by atoms with Gasteiger partial charge in [-0.25, -0.2) is 0 Å². The Hall–Kier alpha value is -4.62. The third-order valence-corrected chi connectivity index (χ3v) is 19.1. The number of halogens is 1. The lowest BCUT2D eigenvalue weighted by molar-refractivity contribution is -0.889. The zero-order valence-electron chi connectivity index (χ0n) is 58.8. The van der Waals surface area contributed by atoms with Gasteiger partial charge in [0.05, 0.1) is 39.2 Å². The molecule has 4 rings (SSSR count). The Balaban J connectivity index is 0.0000221. The van der Waals surface area contributed by atoms with Crippen molar-refractivity contribution in [2.75, 3.05) is 72.0 Å². The van der Waals surface area contributed by atoms with E-state index >= 15 is 0 Å². The second-order valence-electron chi connectivity index (χ2n) is 27.3. The predicted octanol–water partition coefficient (Wildman–Crippen LogP) is 15.3. The Morgan fingerprint density at radius 1 is 0.609 bits per heavy atom. The predicted molar refractivity (Wildman–Crippen MR) is 376 cm³/mol. The number of phosphoric acid groups is 1. The topological polar surface area (TPSA) is 147 Å². The molecule has 0 saturated heterocycles. The Labute approximate surface area is 565 Å². The molecular formula is C77H124ClN4O9P. The number of carbonyl (C=O) groups is 3. The molecule has 2 aliphatic rings. The van der Waals surface area contributed by atoms with Crippen molar-refractivity contribution < 1.29 is 63.8 Å². The number of fused-ring (bicyclic) bond motifs is 2. The lowest BCUT2D eigenvalue weighted by Crippen LogP contribution is -3.00. The number of carbonyl (C=O) groups excluding carboxylic acids is 3. The highest BCUT2D eigenvalue weighted by atomic mass is 35.5. The normalized spacial score (nSPS) is 15.8. The molecule has 0 aliphatic carbocycles. The summed E-state index contributed by atoms with van der Waals surface area (Å²) in [6, 6.07) is 17.3. The number of para-hydroxylation sites is 2. The summed E-state index contributed by atoms with van der Waals surface area (Å²) in [5.41, 5.74) is 7.42. The fourth-order valence-corrected chi connectivity index (χ4v) is 13.1. The smallest absolute Gasteiger partial charge is 0.306 e. The first-order valence-corrected chi connectivity index (χ1v) is 37.3. The number of amides is 1. The van der Waals surface area contributed by atoms with E-state index in [-0.39, 0.29) is 55.2 Å². The number of quaternary nitrogens is 1. The van der Waals surface area contributed by atoms with Gasteiger partial charge in [-0.05, 0) is 109 Å². The molecule has 1 amide bonds. The first-order valence-electron chi connectivity index (χ1n) is 35.8. The molecule has 2 aromatic carbocycles. The van der Waals surface area contributed by atoms with E-state index in [0.29, 0.717) is 43.4 Å². The molecule has 2 heterocycles. The summed E-state index contributed by atoms with van der Waals surface area (Å²) < 4.78 is 37.5. The summed E-state index contributed by atoms with van der Waals surface area (Å²) in [6.45, 7) is 14.8. The molecule has 518 valence electrons. The van der Waals surface area contributed by atoms with Crippen molar-refractivity contribution in [2.45, 2.75) is 264 Å². The quantitative estimate of drug-likeness (QED) is 0.0129. The largest absolute Gasteiger partial charge is 1.00 e. The van der Waals surface area contributed by atoms with Crippen molar-refractivity contribution >= 4 is 42.8 Å². The van der Waals surface area contributed by atoms with E-state index in [1.54, 1.807) is 0 Å². The fraction of sp³-hybridized carbons (Fsp3) is 0.662. The van der Waals surface area contributed by atoms with Crippen LogP contribution in [-0.2, 0) is 48.3 Å². The van der Waals surface area contributed by atoms with Crippen LogP contribution in [0.4, 0.5) is 11.4 Å². The molecule has 0 spiro atoms. The average Bonchev–Trinajstić information content (AvgIpc) is 1.61. The highest BCUT2D eigenvalue weighted by Crippen LogP contribution is 2.48. The van der Waals surface area contributed by atoms with Crippen LogP contribution in [0.5, 0.6) is 0 Å². The number of benzene rings is 2. The number of rotatable bonds is 52. The summed E-state index contributed by atoms with van der Waals surface area (Å²) in [7, 11) is 1.21. The van der Waals surface area contributed by atoms with Crippen LogP contribution in [0, 0.1) is 0 Å². The standard InChI is InChI=1S/C77H123N4O9P.ClH/c1-10-12-14-16-18-20-22-24-26-28-30-32-34-36-43-57-74(83)87-64-66(90-75(84)58-44-37-35-33-31-29-27-25-23-21-19-17-15-13-11-2)65-89-91(85,86)88-63-62-81(8,9)61-59-78-73(82)56-42-39-49-60-80-70-53-48-46-51-68(70)77(5,6)72(80)55-41-38-40-54-71-76(3,4)67-50-45-47-52-69(67)79(71)7;/h24-27,38,40-41,45-48,50-55,66H,10-23,28-37,39,42-44,49,56-65H2,1-9H3;1H/b26-24-,27-25-;/t66-;/m1./s1. The molecule has 92 heavy (non-hydrogen) atoms. The van der Waals surface area contributed by atoms with E-state index in [9.17, 15) is 23.8 Å². The maximum absolute atomic E-state index is 13.1. The Morgan fingerprint density at radius 3 is 1.71 bits per heavy atom. The number of esters is 2. The van der Waals surface area contributed by atoms with Gasteiger partial charge in [0.1, 0.15) is 26.8 Å². The van der Waals surface area contributed by atoms with Crippen LogP contribution >= 0.6 is 7.82 Å². The van der Waals surface area contributed by atoms with Crippen LogP contribution in [-0.4, -0.2) is 106 Å². The number of unbranched alkanes of at least 4 members (excludes halogenated alkanes) is 24. The maximum atomic E-state index is 13.1. The zero-order valence-corrected chi connectivity index (χ0v) is 60.5. The minimum absolute atomic E-state index is 0. The molecule has 0 bridgehead atoms. The highest BCUT2D eigenvalue weighted by Gasteiger charge is 2.43. The minimum atomic E-state index is -4.83. The van der Waals surface area contributed by atoms with Crippen molar-refractivity contribution in [3.8, 4) is 0 Å². The summed E-state index contributed by atoms with van der Waals surface area (Å²) in [4.78, 5) is 54.4. The number of phosphoric ester groups is 1. The third kappa shape index (κ3) is 32.2. The summed E-state index contributed by atoms with van der Waals surface area (Å²) in [5, 5.41) is 3.06. The molecule has 2 atom stereocenters. The number of likely N-dealkylation sites (N-methyl/N-ethyl adjacent to an activating group) is 1. The van der Waals surface area contributed by atoms with Crippen LogP contribution in [0.25, 0.3) is 0 Å². The minimum Gasteiger partial charge on any atom is -1.00 e. The molecule has 2 aliphatic heterocycles. The van der Waals surface area contributed by atoms with Crippen LogP contribution in [0.1, 0.15) is 258 Å². The van der Waals surface area contributed by atoms with Crippen LogP contribution in [0.15, 0.2) is 109 Å². The van der Waals surface area contributed by atoms with Gasteiger partial charge >= 0.3 is 11.9 Å². The zero-order chi connectivity index (χ0) is 66.1. The van der Waals surface area contributed by atoms with E-state index in [2.05, 4.69) is 167 Å². The Bertz CT molecular complexity index is 2660. The molecule has 2 aromatic rings. The lowest BCUT2D eigenvalue weighted by atomic mass is 9.81. The molecule has 1 unspecified atom stereocenters. The van der Waals surface area contributed by atoms with Crippen molar-refractivity contribution in [2.24, 2.45) is 0 Å². The van der Waals surface area contributed by atoms with Gasteiger partial charge in [0.25, 0.3) is 7.82 Å². The first-order chi connectivity index (χ1) is 43.8. The molecule has 1 N–H and O–H groups in total. The lowest BCUT2D eigenvalue weighted by Gasteiger charge is -2.31. The van der Waals surface area contributed by atoms with Crippen LogP contribution in [0.3, 0.4) is 0 Å². The van der Waals surface area contributed by atoms with Crippen LogP contribution < -0.4 is 27.5 Å². The monoisotopic (exact) mass is 1310 g/mol. The molecule has 0 fully saturated rings. The Morgan fingerprint density at radius 2 is 1.12 bits per heavy atom. The highest BCUT2D eigenvalue weighted by molar-refractivity contribution is 7.45. The van der Waals surface area contributed by atoms with E-state index in [1.807, 2.05) is 14.1 Å². The number of ether oxygens (including phenoxy) is 2. The van der Waals surface area contributed by atoms with Gasteiger partial charge in [-0.1, -0.05) is 216 Å². The van der Waals surface area contributed by atoms with Crippen LogP contribution in [0.2, 0.25) is 0 Å². The third-order valence-electron chi connectivity index (χ3n) is 18.2. The molecular weight excluding hydrogens is 1190 g/mol. The molecule has 0 radical (unpaired) electrons. The fourth-order valence-electron chi connectivity index (χ4n) is 12.4. The Kier molecular flexibility index (Phi) is 41.2. The van der Waals surface area contributed by atoms with Crippen molar-refractivity contribution in [3.63, 3.8) is 0 Å². The van der Waals surface area contributed by atoms with E-state index in [1.165, 1.54) is 111 Å². The maximum Gasteiger partial charge on any atom is 0.306 e. The molecule has 0 aromatic heterocycles. The number of hydrogen-bond donors (Lipinski definition) is 1. The summed E-state index contributed by atoms with van der Waals surface area (Å²) in [6.07, 6.45) is 52.4. The van der Waals surface area contributed by atoms with E-state index in [4.69, 9.17) is 18.5 Å². The van der Waals surface area contributed by atoms with E-state index < -0.39 is 32.5 Å². The van der Waals surface area contributed by atoms with Gasteiger partial charge in [0.15, 0.2) is 11.8 Å². The van der Waals surface area contributed by atoms with Gasteiger partial charge in [-0.2, -0.15) is 4.58 Å². The number of nitrogens with zero attached hydrogens (tertiary/aromatic N) is 3. The number of anilines is 1. The van der Waals surface area contributed by atoms with Gasteiger partial charge in [-0.15, -0.1) is 0 Å². The van der Waals surface area contributed by atoms with Crippen molar-refractivity contribution in [1.29, 1.82) is 0 Å². The first kappa shape index (κ1) is 81.6. The van der Waals surface area contributed by atoms with Gasteiger partial charge in [0, 0.05) is 60.3 Å². The molecule has 0 saturated carbocycles. The van der Waals surface area contributed by atoms with Gasteiger partial charge < -0.3 is 50.5 Å². The number of hydrogen-bond acceptors (Lipinski definition) is 10. The van der Waals surface area contributed by atoms with Crippen molar-refractivity contribution in [1.82, 2.24) is 5.32 Å². The second-order valence-corrected chi connectivity index (χ2v) is 28.7. The SMILES string of the molecule is CCCCCCCC/C=C\CCCCCCCC(=O)OC[C@H](COP(=O)([O-])OCC[N+](C)(C)CCNC(=O)CCCCCN1/C(=C/C=C/C=C/C2=[N+](C)c3ccccc3C2(C)C)C(C)(C)c2ccccc21)OC(=O)CCCCCCC/C=C\CCCCCCCC.[Cl-]. The average molecular weight is 1320 g/mol. The number of allylic oxidation sites excluding steroid dienone is 10.